The predicted molar refractivity (Wildman–Crippen MR) is 79.1 cm³/mol. The topological polar surface area (TPSA) is 50.7 Å². The highest BCUT2D eigenvalue weighted by atomic mass is 16.5. The quantitative estimate of drug-likeness (QED) is 0.805. The monoisotopic (exact) mass is 279 g/mol. The van der Waals surface area contributed by atoms with Gasteiger partial charge in [0.2, 0.25) is 0 Å². The highest BCUT2D eigenvalue weighted by Crippen LogP contribution is 2.30. The zero-order valence-corrected chi connectivity index (χ0v) is 12.4. The lowest BCUT2D eigenvalue weighted by Crippen LogP contribution is -2.28. The normalized spacial score (nSPS) is 22.1. The maximum absolute atomic E-state index is 10.1. The number of hydrogen-bond donors (Lipinski definition) is 2. The van der Waals surface area contributed by atoms with Crippen molar-refractivity contribution in [3.8, 4) is 11.5 Å². The van der Waals surface area contributed by atoms with Gasteiger partial charge < -0.3 is 19.9 Å². The first-order chi connectivity index (χ1) is 9.76. The van der Waals surface area contributed by atoms with E-state index in [9.17, 15) is 5.11 Å². The van der Waals surface area contributed by atoms with Gasteiger partial charge in [-0.15, -0.1) is 0 Å². The van der Waals surface area contributed by atoms with Crippen molar-refractivity contribution in [3.05, 3.63) is 23.8 Å². The van der Waals surface area contributed by atoms with Crippen LogP contribution < -0.4 is 10.1 Å². The van der Waals surface area contributed by atoms with Crippen LogP contribution in [-0.2, 0) is 11.3 Å². The van der Waals surface area contributed by atoms with Crippen LogP contribution in [0.2, 0.25) is 0 Å². The molecule has 1 fully saturated rings. The van der Waals surface area contributed by atoms with E-state index in [-0.39, 0.29) is 5.75 Å². The van der Waals surface area contributed by atoms with E-state index in [2.05, 4.69) is 12.2 Å². The van der Waals surface area contributed by atoms with Gasteiger partial charge in [-0.05, 0) is 31.7 Å². The van der Waals surface area contributed by atoms with Crippen LogP contribution in [0.4, 0.5) is 0 Å². The van der Waals surface area contributed by atoms with Crippen molar-refractivity contribution in [2.24, 2.45) is 5.92 Å². The van der Waals surface area contributed by atoms with Crippen molar-refractivity contribution in [3.63, 3.8) is 0 Å². The molecule has 1 aromatic rings. The molecule has 0 aromatic heterocycles. The van der Waals surface area contributed by atoms with Crippen LogP contribution in [0.25, 0.3) is 0 Å². The molecule has 0 aliphatic carbocycles. The fourth-order valence-corrected chi connectivity index (χ4v) is 2.75. The molecule has 20 heavy (non-hydrogen) atoms. The molecular weight excluding hydrogens is 254 g/mol. The SMILES string of the molecule is CCOc1cccc(CNCC2CCOC2CC)c1O. The van der Waals surface area contributed by atoms with Crippen LogP contribution >= 0.6 is 0 Å². The maximum Gasteiger partial charge on any atom is 0.162 e. The number of phenolic OH excluding ortho intramolecular Hbond substituents is 1. The van der Waals surface area contributed by atoms with Crippen molar-refractivity contribution in [1.82, 2.24) is 5.32 Å². The molecule has 2 unspecified atom stereocenters. The van der Waals surface area contributed by atoms with E-state index in [4.69, 9.17) is 9.47 Å². The summed E-state index contributed by atoms with van der Waals surface area (Å²) in [6, 6.07) is 5.63. The molecule has 4 heteroatoms. The minimum absolute atomic E-state index is 0.247. The van der Waals surface area contributed by atoms with E-state index in [1.54, 1.807) is 6.07 Å². The first-order valence-electron chi connectivity index (χ1n) is 7.52. The molecule has 0 saturated carbocycles. The fourth-order valence-electron chi connectivity index (χ4n) is 2.75. The molecule has 1 aliphatic rings. The molecule has 4 nitrogen and oxygen atoms in total. The van der Waals surface area contributed by atoms with Crippen molar-refractivity contribution in [2.45, 2.75) is 39.3 Å². The molecule has 1 heterocycles. The minimum Gasteiger partial charge on any atom is -0.504 e. The molecule has 1 saturated heterocycles. The molecule has 0 radical (unpaired) electrons. The largest absolute Gasteiger partial charge is 0.504 e. The lowest BCUT2D eigenvalue weighted by atomic mass is 9.99. The average molecular weight is 279 g/mol. The summed E-state index contributed by atoms with van der Waals surface area (Å²) >= 11 is 0. The molecule has 2 atom stereocenters. The maximum atomic E-state index is 10.1. The van der Waals surface area contributed by atoms with Gasteiger partial charge in [0.15, 0.2) is 11.5 Å². The van der Waals surface area contributed by atoms with Crippen molar-refractivity contribution >= 4 is 0 Å². The Hall–Kier alpha value is -1.26. The smallest absolute Gasteiger partial charge is 0.162 e. The minimum atomic E-state index is 0.247. The fraction of sp³-hybridized carbons (Fsp3) is 0.625. The third kappa shape index (κ3) is 3.64. The number of hydrogen-bond acceptors (Lipinski definition) is 4. The summed E-state index contributed by atoms with van der Waals surface area (Å²) in [4.78, 5) is 0. The summed E-state index contributed by atoms with van der Waals surface area (Å²) in [5.41, 5.74) is 0.878. The molecular formula is C16H25NO3. The van der Waals surface area contributed by atoms with Crippen LogP contribution in [0.3, 0.4) is 0 Å². The lowest BCUT2D eigenvalue weighted by Gasteiger charge is -2.17. The summed E-state index contributed by atoms with van der Waals surface area (Å²) in [6.07, 6.45) is 2.57. The van der Waals surface area contributed by atoms with Crippen LogP contribution in [0.15, 0.2) is 18.2 Å². The number of ether oxygens (including phenoxy) is 2. The van der Waals surface area contributed by atoms with Gasteiger partial charge in [-0.1, -0.05) is 19.1 Å². The Morgan fingerprint density at radius 1 is 1.40 bits per heavy atom. The van der Waals surface area contributed by atoms with Gasteiger partial charge >= 0.3 is 0 Å². The number of para-hydroxylation sites is 1. The zero-order valence-electron chi connectivity index (χ0n) is 12.4. The molecule has 1 aliphatic heterocycles. The van der Waals surface area contributed by atoms with Gasteiger partial charge in [-0.25, -0.2) is 0 Å². The van der Waals surface area contributed by atoms with Gasteiger partial charge in [0, 0.05) is 25.3 Å². The first kappa shape index (κ1) is 15.1. The van der Waals surface area contributed by atoms with Crippen LogP contribution in [-0.4, -0.2) is 31.0 Å². The Morgan fingerprint density at radius 3 is 3.00 bits per heavy atom. The molecule has 0 spiro atoms. The number of nitrogens with one attached hydrogen (secondary N) is 1. The van der Waals surface area contributed by atoms with Crippen molar-refractivity contribution in [2.75, 3.05) is 19.8 Å². The number of benzene rings is 1. The van der Waals surface area contributed by atoms with Crippen molar-refractivity contribution < 1.29 is 14.6 Å². The van der Waals surface area contributed by atoms with E-state index >= 15 is 0 Å². The zero-order chi connectivity index (χ0) is 14.4. The van der Waals surface area contributed by atoms with Gasteiger partial charge in [0.25, 0.3) is 0 Å². The average Bonchev–Trinajstić information content (AvgIpc) is 2.90. The van der Waals surface area contributed by atoms with Gasteiger partial charge in [0.05, 0.1) is 12.7 Å². The Labute approximate surface area is 121 Å². The number of rotatable bonds is 7. The second-order valence-corrected chi connectivity index (χ2v) is 5.19. The molecule has 2 N–H and O–H groups in total. The Morgan fingerprint density at radius 2 is 2.25 bits per heavy atom. The Balaban J connectivity index is 1.86. The van der Waals surface area contributed by atoms with Crippen LogP contribution in [0.5, 0.6) is 11.5 Å². The summed E-state index contributed by atoms with van der Waals surface area (Å²) in [7, 11) is 0. The Kier molecular flexibility index (Phi) is 5.68. The molecule has 0 amide bonds. The van der Waals surface area contributed by atoms with Gasteiger partial charge in [-0.2, -0.15) is 0 Å². The lowest BCUT2D eigenvalue weighted by molar-refractivity contribution is 0.0872. The van der Waals surface area contributed by atoms with Crippen LogP contribution in [0.1, 0.15) is 32.3 Å². The third-order valence-electron chi connectivity index (χ3n) is 3.85. The van der Waals surface area contributed by atoms with Crippen molar-refractivity contribution in [1.29, 1.82) is 0 Å². The molecule has 0 bridgehead atoms. The highest BCUT2D eigenvalue weighted by molar-refractivity contribution is 5.45. The summed E-state index contributed by atoms with van der Waals surface area (Å²) in [5, 5.41) is 13.5. The van der Waals surface area contributed by atoms with Crippen LogP contribution in [0, 0.1) is 5.92 Å². The van der Waals surface area contributed by atoms with E-state index in [0.717, 1.165) is 31.6 Å². The van der Waals surface area contributed by atoms with E-state index in [1.807, 2.05) is 19.1 Å². The Bertz CT molecular complexity index is 422. The second kappa shape index (κ2) is 7.50. The third-order valence-corrected chi connectivity index (χ3v) is 3.85. The highest BCUT2D eigenvalue weighted by Gasteiger charge is 2.26. The first-order valence-corrected chi connectivity index (χ1v) is 7.52. The standard InChI is InChI=1S/C16H25NO3/c1-3-14-12(8-9-20-14)10-17-11-13-6-5-7-15(16(13)18)19-4-2/h5-7,12,14,17-18H,3-4,8-11H2,1-2H3. The summed E-state index contributed by atoms with van der Waals surface area (Å²) < 4.78 is 11.1. The van der Waals surface area contributed by atoms with Gasteiger partial charge in [-0.3, -0.25) is 0 Å². The summed E-state index contributed by atoms with van der Waals surface area (Å²) in [6.45, 7) is 7.09. The van der Waals surface area contributed by atoms with E-state index in [0.29, 0.717) is 30.9 Å². The molecule has 1 aromatic carbocycles. The second-order valence-electron chi connectivity index (χ2n) is 5.19. The predicted octanol–water partition coefficient (Wildman–Crippen LogP) is 2.70. The van der Waals surface area contributed by atoms with E-state index < -0.39 is 0 Å². The molecule has 112 valence electrons. The molecule has 2 rings (SSSR count). The summed E-state index contributed by atoms with van der Waals surface area (Å²) in [5.74, 6) is 1.39. The van der Waals surface area contributed by atoms with E-state index in [1.165, 1.54) is 0 Å². The van der Waals surface area contributed by atoms with Gasteiger partial charge in [0.1, 0.15) is 0 Å². The number of phenols is 1. The number of aromatic hydroxyl groups is 1.